The summed E-state index contributed by atoms with van der Waals surface area (Å²) in [6, 6.07) is 10.2. The summed E-state index contributed by atoms with van der Waals surface area (Å²) >= 11 is 0. The Morgan fingerprint density at radius 1 is 1.27 bits per heavy atom. The van der Waals surface area contributed by atoms with Gasteiger partial charge in [-0.15, -0.1) is 0 Å². The lowest BCUT2D eigenvalue weighted by atomic mass is 9.91. The predicted molar refractivity (Wildman–Crippen MR) is 86.3 cm³/mol. The molecular formula is C18H26N2O2. The third-order valence-electron chi connectivity index (χ3n) is 4.82. The number of carbonyl (C=O) groups is 1. The first-order chi connectivity index (χ1) is 10.6. The number of piperidine rings is 1. The Hall–Kier alpha value is -1.39. The smallest absolute Gasteiger partial charge is 0.242 e. The fourth-order valence-corrected chi connectivity index (χ4v) is 3.34. The summed E-state index contributed by atoms with van der Waals surface area (Å²) in [5.74, 6) is 0.369. The number of nitrogens with zero attached hydrogens (tertiary/aromatic N) is 1. The van der Waals surface area contributed by atoms with Crippen LogP contribution < -0.4 is 5.32 Å². The second kappa shape index (κ2) is 6.80. The van der Waals surface area contributed by atoms with E-state index in [0.717, 1.165) is 44.3 Å². The van der Waals surface area contributed by atoms with Crippen molar-refractivity contribution in [2.75, 3.05) is 13.1 Å². The van der Waals surface area contributed by atoms with Crippen LogP contribution in [0.1, 0.15) is 44.2 Å². The second-order valence-electron chi connectivity index (χ2n) is 6.73. The molecular weight excluding hydrogens is 276 g/mol. The van der Waals surface area contributed by atoms with Crippen LogP contribution in [0.2, 0.25) is 0 Å². The SMILES string of the molecule is CC(O)C1CCCN(C(C(=O)NC2CC2)c2ccccc2)C1. The third-order valence-corrected chi connectivity index (χ3v) is 4.82. The lowest BCUT2D eigenvalue weighted by molar-refractivity contribution is -0.128. The first-order valence-electron chi connectivity index (χ1n) is 8.42. The van der Waals surface area contributed by atoms with Crippen molar-refractivity contribution in [3.8, 4) is 0 Å². The summed E-state index contributed by atoms with van der Waals surface area (Å²) < 4.78 is 0. The number of nitrogens with one attached hydrogen (secondary N) is 1. The van der Waals surface area contributed by atoms with E-state index in [0.29, 0.717) is 6.04 Å². The van der Waals surface area contributed by atoms with Gasteiger partial charge in [-0.1, -0.05) is 30.3 Å². The highest BCUT2D eigenvalue weighted by Crippen LogP contribution is 2.30. The summed E-state index contributed by atoms with van der Waals surface area (Å²) in [5.41, 5.74) is 1.05. The van der Waals surface area contributed by atoms with E-state index >= 15 is 0 Å². The number of aliphatic hydroxyl groups excluding tert-OH is 1. The molecule has 1 saturated carbocycles. The van der Waals surface area contributed by atoms with Crippen molar-refractivity contribution in [2.45, 2.75) is 50.8 Å². The van der Waals surface area contributed by atoms with Gasteiger partial charge >= 0.3 is 0 Å². The lowest BCUT2D eigenvalue weighted by Gasteiger charge is -2.38. The molecule has 22 heavy (non-hydrogen) atoms. The Balaban J connectivity index is 1.79. The van der Waals surface area contributed by atoms with Gasteiger partial charge in [0.2, 0.25) is 5.91 Å². The minimum Gasteiger partial charge on any atom is -0.393 e. The van der Waals surface area contributed by atoms with Crippen LogP contribution in [-0.2, 0) is 4.79 Å². The van der Waals surface area contributed by atoms with Gasteiger partial charge < -0.3 is 10.4 Å². The normalized spacial score (nSPS) is 25.5. The summed E-state index contributed by atoms with van der Waals surface area (Å²) in [6.07, 6.45) is 3.97. The molecule has 1 aliphatic carbocycles. The number of likely N-dealkylation sites (tertiary alicyclic amines) is 1. The van der Waals surface area contributed by atoms with Crippen LogP contribution >= 0.6 is 0 Å². The van der Waals surface area contributed by atoms with Crippen molar-refractivity contribution in [1.29, 1.82) is 0 Å². The molecule has 3 rings (SSSR count). The molecule has 1 amide bonds. The Morgan fingerprint density at radius 3 is 2.64 bits per heavy atom. The number of carbonyl (C=O) groups excluding carboxylic acids is 1. The van der Waals surface area contributed by atoms with Crippen molar-refractivity contribution < 1.29 is 9.90 Å². The van der Waals surface area contributed by atoms with Gasteiger partial charge in [-0.3, -0.25) is 9.69 Å². The molecule has 0 aromatic heterocycles. The van der Waals surface area contributed by atoms with Gasteiger partial charge in [0.05, 0.1) is 6.10 Å². The van der Waals surface area contributed by atoms with Gasteiger partial charge in [-0.25, -0.2) is 0 Å². The third kappa shape index (κ3) is 3.68. The van der Waals surface area contributed by atoms with Crippen molar-refractivity contribution in [1.82, 2.24) is 10.2 Å². The van der Waals surface area contributed by atoms with Gasteiger partial charge in [-0.2, -0.15) is 0 Å². The maximum Gasteiger partial charge on any atom is 0.242 e. The Kier molecular flexibility index (Phi) is 4.79. The summed E-state index contributed by atoms with van der Waals surface area (Å²) in [4.78, 5) is 15.0. The topological polar surface area (TPSA) is 52.6 Å². The van der Waals surface area contributed by atoms with Gasteiger partial charge in [-0.05, 0) is 50.6 Å². The van der Waals surface area contributed by atoms with Crippen molar-refractivity contribution >= 4 is 5.91 Å². The Bertz CT molecular complexity index is 499. The second-order valence-corrected chi connectivity index (χ2v) is 6.73. The molecule has 3 unspecified atom stereocenters. The predicted octanol–water partition coefficient (Wildman–Crippen LogP) is 2.10. The van der Waals surface area contributed by atoms with Gasteiger partial charge in [0.25, 0.3) is 0 Å². The molecule has 3 atom stereocenters. The molecule has 1 heterocycles. The zero-order valence-electron chi connectivity index (χ0n) is 13.2. The molecule has 2 N–H and O–H groups in total. The van der Waals surface area contributed by atoms with Crippen LogP contribution in [0.25, 0.3) is 0 Å². The monoisotopic (exact) mass is 302 g/mol. The highest BCUT2D eigenvalue weighted by molar-refractivity contribution is 5.83. The van der Waals surface area contributed by atoms with E-state index in [4.69, 9.17) is 0 Å². The van der Waals surface area contributed by atoms with Crippen molar-refractivity contribution in [3.05, 3.63) is 35.9 Å². The summed E-state index contributed by atoms with van der Waals surface area (Å²) in [7, 11) is 0. The van der Waals surface area contributed by atoms with Crippen LogP contribution in [0, 0.1) is 5.92 Å². The van der Waals surface area contributed by atoms with E-state index in [-0.39, 0.29) is 24.0 Å². The highest BCUT2D eigenvalue weighted by Gasteiger charge is 2.35. The molecule has 0 spiro atoms. The molecule has 0 radical (unpaired) electrons. The molecule has 120 valence electrons. The molecule has 1 aliphatic heterocycles. The molecule has 1 saturated heterocycles. The van der Waals surface area contributed by atoms with E-state index in [9.17, 15) is 9.90 Å². The molecule has 4 heteroatoms. The molecule has 4 nitrogen and oxygen atoms in total. The standard InChI is InChI=1S/C18H26N2O2/c1-13(21)15-8-5-11-20(12-15)17(14-6-3-2-4-7-14)18(22)19-16-9-10-16/h2-4,6-7,13,15-17,21H,5,8-12H2,1H3,(H,19,22). The number of benzene rings is 1. The first-order valence-corrected chi connectivity index (χ1v) is 8.42. The van der Waals surface area contributed by atoms with Gasteiger partial charge in [0.1, 0.15) is 6.04 Å². The minimum absolute atomic E-state index is 0.111. The Labute approximate surface area is 132 Å². The first kappa shape index (κ1) is 15.5. The van der Waals surface area contributed by atoms with E-state index in [1.54, 1.807) is 0 Å². The average molecular weight is 302 g/mol. The van der Waals surface area contributed by atoms with Gasteiger partial charge in [0, 0.05) is 12.6 Å². The van der Waals surface area contributed by atoms with E-state index in [1.165, 1.54) is 0 Å². The minimum atomic E-state index is -0.314. The number of aliphatic hydroxyl groups is 1. The molecule has 0 bridgehead atoms. The maximum absolute atomic E-state index is 12.8. The lowest BCUT2D eigenvalue weighted by Crippen LogP contribution is -2.47. The molecule has 2 aliphatic rings. The summed E-state index contributed by atoms with van der Waals surface area (Å²) in [6.45, 7) is 3.56. The van der Waals surface area contributed by atoms with E-state index in [1.807, 2.05) is 37.3 Å². The maximum atomic E-state index is 12.8. The number of hydrogen-bond donors (Lipinski definition) is 2. The van der Waals surface area contributed by atoms with Crippen LogP contribution in [0.5, 0.6) is 0 Å². The quantitative estimate of drug-likeness (QED) is 0.876. The zero-order chi connectivity index (χ0) is 15.5. The number of amides is 1. The van der Waals surface area contributed by atoms with E-state index < -0.39 is 0 Å². The van der Waals surface area contributed by atoms with Crippen molar-refractivity contribution in [3.63, 3.8) is 0 Å². The number of rotatable bonds is 5. The van der Waals surface area contributed by atoms with Crippen LogP contribution in [-0.4, -0.2) is 41.1 Å². The average Bonchev–Trinajstić information content (AvgIpc) is 3.33. The molecule has 2 fully saturated rings. The van der Waals surface area contributed by atoms with Gasteiger partial charge in [0.15, 0.2) is 0 Å². The van der Waals surface area contributed by atoms with Crippen LogP contribution in [0.15, 0.2) is 30.3 Å². The zero-order valence-corrected chi connectivity index (χ0v) is 13.2. The van der Waals surface area contributed by atoms with E-state index in [2.05, 4.69) is 10.2 Å². The summed E-state index contributed by atoms with van der Waals surface area (Å²) in [5, 5.41) is 13.1. The van der Waals surface area contributed by atoms with Crippen LogP contribution in [0.4, 0.5) is 0 Å². The largest absolute Gasteiger partial charge is 0.393 e. The molecule has 1 aromatic rings. The number of hydrogen-bond acceptors (Lipinski definition) is 3. The van der Waals surface area contributed by atoms with Crippen LogP contribution in [0.3, 0.4) is 0 Å². The van der Waals surface area contributed by atoms with Crippen molar-refractivity contribution in [2.24, 2.45) is 5.92 Å². The fourth-order valence-electron chi connectivity index (χ4n) is 3.34. The Morgan fingerprint density at radius 2 is 2.00 bits per heavy atom. The fraction of sp³-hybridized carbons (Fsp3) is 0.611. The molecule has 1 aromatic carbocycles. The highest BCUT2D eigenvalue weighted by atomic mass is 16.3.